The number of likely N-dealkylation sites (N-methyl/N-ethyl adjacent to an activating group) is 1. The van der Waals surface area contributed by atoms with E-state index < -0.39 is 0 Å². The molecule has 0 unspecified atom stereocenters. The molecule has 1 saturated heterocycles. The standard InChI is InChI=1S/C13H19N3O2/c1-10-8-15(9-11(2)14(10)3)12-4-6-13(7-5-12)16(17)18/h4-7,10-11H,8-9H2,1-3H3/t10-,11-/m1/s1. The minimum absolute atomic E-state index is 0.147. The van der Waals surface area contributed by atoms with Crippen molar-refractivity contribution in [3.8, 4) is 0 Å². The summed E-state index contributed by atoms with van der Waals surface area (Å²) in [4.78, 5) is 14.9. The predicted octanol–water partition coefficient (Wildman–Crippen LogP) is 2.12. The fraction of sp³-hybridized carbons (Fsp3) is 0.538. The van der Waals surface area contributed by atoms with Crippen LogP contribution in [0.5, 0.6) is 0 Å². The Morgan fingerprint density at radius 1 is 1.17 bits per heavy atom. The Bertz CT molecular complexity index is 420. The van der Waals surface area contributed by atoms with Gasteiger partial charge in [-0.3, -0.25) is 15.0 Å². The quantitative estimate of drug-likeness (QED) is 0.595. The van der Waals surface area contributed by atoms with Crippen molar-refractivity contribution < 1.29 is 4.92 Å². The van der Waals surface area contributed by atoms with Crippen LogP contribution in [0.4, 0.5) is 11.4 Å². The van der Waals surface area contributed by atoms with Crippen molar-refractivity contribution in [2.45, 2.75) is 25.9 Å². The number of nitrogens with zero attached hydrogens (tertiary/aromatic N) is 3. The van der Waals surface area contributed by atoms with E-state index in [1.54, 1.807) is 12.1 Å². The number of hydrogen-bond donors (Lipinski definition) is 0. The summed E-state index contributed by atoms with van der Waals surface area (Å²) >= 11 is 0. The highest BCUT2D eigenvalue weighted by molar-refractivity contribution is 5.51. The molecule has 1 aliphatic rings. The molecule has 0 saturated carbocycles. The van der Waals surface area contributed by atoms with Crippen LogP contribution in [0, 0.1) is 10.1 Å². The van der Waals surface area contributed by atoms with Gasteiger partial charge in [-0.05, 0) is 33.0 Å². The molecule has 1 aromatic carbocycles. The summed E-state index contributed by atoms with van der Waals surface area (Å²) < 4.78 is 0. The lowest BCUT2D eigenvalue weighted by Crippen LogP contribution is -2.55. The lowest BCUT2D eigenvalue weighted by Gasteiger charge is -2.43. The second-order valence-corrected chi connectivity index (χ2v) is 5.04. The maximum Gasteiger partial charge on any atom is 0.269 e. The SMILES string of the molecule is C[C@@H]1CN(c2ccc([N+](=O)[O-])cc2)C[C@@H](C)N1C. The molecule has 98 valence electrons. The first kappa shape index (κ1) is 12.8. The molecule has 1 aliphatic heterocycles. The first-order valence-corrected chi connectivity index (χ1v) is 6.20. The number of anilines is 1. The van der Waals surface area contributed by atoms with E-state index in [1.165, 1.54) is 0 Å². The molecule has 0 aromatic heterocycles. The normalized spacial score (nSPS) is 25.2. The highest BCUT2D eigenvalue weighted by Gasteiger charge is 2.26. The van der Waals surface area contributed by atoms with Gasteiger partial charge in [-0.15, -0.1) is 0 Å². The van der Waals surface area contributed by atoms with Gasteiger partial charge in [0.1, 0.15) is 0 Å². The number of nitro groups is 1. The average molecular weight is 249 g/mol. The maximum atomic E-state index is 10.6. The van der Waals surface area contributed by atoms with Crippen molar-refractivity contribution in [3.63, 3.8) is 0 Å². The van der Waals surface area contributed by atoms with Crippen LogP contribution in [0.3, 0.4) is 0 Å². The summed E-state index contributed by atoms with van der Waals surface area (Å²) in [5, 5.41) is 10.6. The van der Waals surface area contributed by atoms with Gasteiger partial charge in [0.2, 0.25) is 0 Å². The van der Waals surface area contributed by atoms with E-state index in [4.69, 9.17) is 0 Å². The van der Waals surface area contributed by atoms with E-state index >= 15 is 0 Å². The van der Waals surface area contributed by atoms with Crippen LogP contribution in [0.2, 0.25) is 0 Å². The molecule has 0 spiro atoms. The Labute approximate surface area is 107 Å². The van der Waals surface area contributed by atoms with Gasteiger partial charge >= 0.3 is 0 Å². The van der Waals surface area contributed by atoms with Crippen molar-refractivity contribution >= 4 is 11.4 Å². The summed E-state index contributed by atoms with van der Waals surface area (Å²) in [6, 6.07) is 7.80. The molecule has 0 bridgehead atoms. The molecule has 0 N–H and O–H groups in total. The van der Waals surface area contributed by atoms with Crippen molar-refractivity contribution in [2.24, 2.45) is 0 Å². The molecule has 5 nitrogen and oxygen atoms in total. The molecule has 1 aromatic rings. The van der Waals surface area contributed by atoms with E-state index in [9.17, 15) is 10.1 Å². The summed E-state index contributed by atoms with van der Waals surface area (Å²) in [7, 11) is 2.14. The first-order valence-electron chi connectivity index (χ1n) is 6.20. The molecule has 1 heterocycles. The number of piperazine rings is 1. The fourth-order valence-electron chi connectivity index (χ4n) is 2.40. The van der Waals surface area contributed by atoms with E-state index in [0.29, 0.717) is 12.1 Å². The van der Waals surface area contributed by atoms with Gasteiger partial charge in [-0.2, -0.15) is 0 Å². The van der Waals surface area contributed by atoms with Crippen LogP contribution < -0.4 is 4.90 Å². The molecule has 18 heavy (non-hydrogen) atoms. The van der Waals surface area contributed by atoms with Crippen LogP contribution in [0.1, 0.15) is 13.8 Å². The number of hydrogen-bond acceptors (Lipinski definition) is 4. The van der Waals surface area contributed by atoms with Crippen molar-refractivity contribution in [1.29, 1.82) is 0 Å². The smallest absolute Gasteiger partial charge is 0.269 e. The Morgan fingerprint density at radius 3 is 2.11 bits per heavy atom. The Kier molecular flexibility index (Phi) is 3.52. The zero-order chi connectivity index (χ0) is 13.3. The van der Waals surface area contributed by atoms with Gasteiger partial charge in [-0.25, -0.2) is 0 Å². The first-order chi connectivity index (χ1) is 8.49. The minimum Gasteiger partial charge on any atom is -0.368 e. The van der Waals surface area contributed by atoms with E-state index in [1.807, 2.05) is 12.1 Å². The number of rotatable bonds is 2. The largest absolute Gasteiger partial charge is 0.368 e. The van der Waals surface area contributed by atoms with Gasteiger partial charge < -0.3 is 4.90 Å². The summed E-state index contributed by atoms with van der Waals surface area (Å²) in [5.74, 6) is 0. The molecular formula is C13H19N3O2. The monoisotopic (exact) mass is 249 g/mol. The van der Waals surface area contributed by atoms with E-state index in [0.717, 1.165) is 18.8 Å². The number of benzene rings is 1. The molecular weight excluding hydrogens is 230 g/mol. The molecule has 5 heteroatoms. The van der Waals surface area contributed by atoms with Crippen LogP contribution in [0.25, 0.3) is 0 Å². The van der Waals surface area contributed by atoms with Crippen LogP contribution in [-0.2, 0) is 0 Å². The topological polar surface area (TPSA) is 49.6 Å². The highest BCUT2D eigenvalue weighted by atomic mass is 16.6. The van der Waals surface area contributed by atoms with E-state index in [2.05, 4.69) is 30.7 Å². The Morgan fingerprint density at radius 2 is 1.67 bits per heavy atom. The fourth-order valence-corrected chi connectivity index (χ4v) is 2.40. The third-order valence-corrected chi connectivity index (χ3v) is 3.79. The second kappa shape index (κ2) is 4.94. The number of non-ortho nitro benzene ring substituents is 1. The third-order valence-electron chi connectivity index (χ3n) is 3.79. The minimum atomic E-state index is -0.362. The zero-order valence-electron chi connectivity index (χ0n) is 11.0. The molecule has 2 rings (SSSR count). The summed E-state index contributed by atoms with van der Waals surface area (Å²) in [5.41, 5.74) is 1.21. The van der Waals surface area contributed by atoms with E-state index in [-0.39, 0.29) is 10.6 Å². The highest BCUT2D eigenvalue weighted by Crippen LogP contribution is 2.23. The maximum absolute atomic E-state index is 10.6. The average Bonchev–Trinajstić information content (AvgIpc) is 2.35. The van der Waals surface area contributed by atoms with Gasteiger partial charge in [0.15, 0.2) is 0 Å². The summed E-state index contributed by atoms with van der Waals surface area (Å²) in [6.45, 7) is 6.32. The van der Waals surface area contributed by atoms with Gasteiger partial charge in [0, 0.05) is 43.0 Å². The van der Waals surface area contributed by atoms with Crippen LogP contribution >= 0.6 is 0 Å². The Balaban J connectivity index is 2.14. The van der Waals surface area contributed by atoms with Gasteiger partial charge in [0.25, 0.3) is 5.69 Å². The van der Waals surface area contributed by atoms with Crippen molar-refractivity contribution in [3.05, 3.63) is 34.4 Å². The van der Waals surface area contributed by atoms with Crippen molar-refractivity contribution in [1.82, 2.24) is 4.90 Å². The van der Waals surface area contributed by atoms with Crippen LogP contribution in [0.15, 0.2) is 24.3 Å². The molecule has 1 fully saturated rings. The molecule has 0 amide bonds. The zero-order valence-corrected chi connectivity index (χ0v) is 11.0. The van der Waals surface area contributed by atoms with Gasteiger partial charge in [-0.1, -0.05) is 0 Å². The third kappa shape index (κ3) is 2.46. The lowest BCUT2D eigenvalue weighted by molar-refractivity contribution is -0.384. The lowest BCUT2D eigenvalue weighted by atomic mass is 10.1. The molecule has 0 radical (unpaired) electrons. The summed E-state index contributed by atoms with van der Waals surface area (Å²) in [6.07, 6.45) is 0. The molecule has 2 atom stereocenters. The van der Waals surface area contributed by atoms with Crippen molar-refractivity contribution in [2.75, 3.05) is 25.0 Å². The number of nitro benzene ring substituents is 1. The second-order valence-electron chi connectivity index (χ2n) is 5.04. The van der Waals surface area contributed by atoms with Gasteiger partial charge in [0.05, 0.1) is 4.92 Å². The van der Waals surface area contributed by atoms with Crippen LogP contribution in [-0.4, -0.2) is 42.0 Å². The molecule has 0 aliphatic carbocycles. The predicted molar refractivity (Wildman–Crippen MR) is 72.0 cm³/mol. The Hall–Kier alpha value is -1.62.